The second-order valence-corrected chi connectivity index (χ2v) is 6.50. The molecule has 0 bridgehead atoms. The summed E-state index contributed by atoms with van der Waals surface area (Å²) in [5.74, 6) is 0.819. The van der Waals surface area contributed by atoms with E-state index in [0.29, 0.717) is 11.5 Å². The third-order valence-corrected chi connectivity index (χ3v) is 4.36. The maximum Gasteiger partial charge on any atom is 0.109 e. The first-order valence-corrected chi connectivity index (χ1v) is 7.12. The first-order valence-electron chi connectivity index (χ1n) is 6.24. The lowest BCUT2D eigenvalue weighted by Gasteiger charge is -2.20. The van der Waals surface area contributed by atoms with Crippen LogP contribution in [-0.4, -0.2) is 11.5 Å². The van der Waals surface area contributed by atoms with E-state index >= 15 is 0 Å². The largest absolute Gasteiger partial charge is 0.308 e. The van der Waals surface area contributed by atoms with Gasteiger partial charge in [0.05, 0.1) is 6.04 Å². The van der Waals surface area contributed by atoms with Crippen molar-refractivity contribution < 1.29 is 0 Å². The van der Waals surface area contributed by atoms with E-state index in [1.165, 1.54) is 24.3 Å². The normalized spacial score (nSPS) is 20.0. The van der Waals surface area contributed by atoms with Gasteiger partial charge in [-0.25, -0.2) is 4.98 Å². The summed E-state index contributed by atoms with van der Waals surface area (Å²) in [6.45, 7) is 8.02. The fraction of sp³-hybridized carbons (Fsp3) is 0.769. The molecule has 1 aliphatic carbocycles. The number of hydrogen-bond donors (Lipinski definition) is 1. The first-order chi connectivity index (χ1) is 7.61. The molecule has 0 radical (unpaired) electrons. The molecule has 3 heteroatoms. The highest BCUT2D eigenvalue weighted by molar-refractivity contribution is 7.09. The van der Waals surface area contributed by atoms with E-state index in [4.69, 9.17) is 0 Å². The van der Waals surface area contributed by atoms with E-state index in [-0.39, 0.29) is 0 Å². The molecule has 0 saturated heterocycles. The Bertz CT molecular complexity index is 315. The molecular weight excluding hydrogens is 216 g/mol. The number of hydrogen-bond acceptors (Lipinski definition) is 3. The summed E-state index contributed by atoms with van der Waals surface area (Å²) in [5, 5.41) is 6.90. The lowest BCUT2D eigenvalue weighted by molar-refractivity contribution is 0.352. The SMILES string of the molecule is CC(C)CC1(CNC(C)c2nccs2)CC1. The van der Waals surface area contributed by atoms with Gasteiger partial charge in [-0.05, 0) is 37.5 Å². The molecule has 2 nitrogen and oxygen atoms in total. The van der Waals surface area contributed by atoms with Crippen LogP contribution >= 0.6 is 11.3 Å². The van der Waals surface area contributed by atoms with Crippen LogP contribution in [0, 0.1) is 11.3 Å². The van der Waals surface area contributed by atoms with Gasteiger partial charge < -0.3 is 5.32 Å². The van der Waals surface area contributed by atoms with Crippen molar-refractivity contribution in [2.45, 2.75) is 46.1 Å². The molecular formula is C13H22N2S. The highest BCUT2D eigenvalue weighted by Crippen LogP contribution is 2.50. The van der Waals surface area contributed by atoms with Gasteiger partial charge in [0, 0.05) is 18.1 Å². The summed E-state index contributed by atoms with van der Waals surface area (Å²) >= 11 is 1.74. The Balaban J connectivity index is 1.79. The first kappa shape index (κ1) is 12.1. The van der Waals surface area contributed by atoms with Crippen LogP contribution in [0.15, 0.2) is 11.6 Å². The van der Waals surface area contributed by atoms with Crippen molar-refractivity contribution in [2.75, 3.05) is 6.54 Å². The smallest absolute Gasteiger partial charge is 0.109 e. The maximum atomic E-state index is 4.35. The Morgan fingerprint density at radius 2 is 2.19 bits per heavy atom. The molecule has 16 heavy (non-hydrogen) atoms. The zero-order valence-corrected chi connectivity index (χ0v) is 11.3. The van der Waals surface area contributed by atoms with Crippen molar-refractivity contribution in [3.63, 3.8) is 0 Å². The number of rotatable bonds is 6. The van der Waals surface area contributed by atoms with Gasteiger partial charge >= 0.3 is 0 Å². The lowest BCUT2D eigenvalue weighted by Crippen LogP contribution is -2.27. The van der Waals surface area contributed by atoms with Gasteiger partial charge in [-0.1, -0.05) is 13.8 Å². The van der Waals surface area contributed by atoms with Crippen molar-refractivity contribution in [1.29, 1.82) is 0 Å². The third kappa shape index (κ3) is 3.05. The van der Waals surface area contributed by atoms with E-state index in [2.05, 4.69) is 36.5 Å². The number of thiazole rings is 1. The summed E-state index contributed by atoms with van der Waals surface area (Å²) in [6.07, 6.45) is 6.06. The summed E-state index contributed by atoms with van der Waals surface area (Å²) in [5.41, 5.74) is 0.611. The highest BCUT2D eigenvalue weighted by atomic mass is 32.1. The van der Waals surface area contributed by atoms with E-state index in [1.54, 1.807) is 11.3 Å². The van der Waals surface area contributed by atoms with Crippen molar-refractivity contribution in [3.05, 3.63) is 16.6 Å². The Morgan fingerprint density at radius 1 is 1.44 bits per heavy atom. The van der Waals surface area contributed by atoms with Crippen molar-refractivity contribution in [3.8, 4) is 0 Å². The van der Waals surface area contributed by atoms with Crippen LogP contribution in [0.3, 0.4) is 0 Å². The van der Waals surface area contributed by atoms with Crippen LogP contribution < -0.4 is 5.32 Å². The minimum absolute atomic E-state index is 0.407. The van der Waals surface area contributed by atoms with Crippen molar-refractivity contribution in [1.82, 2.24) is 10.3 Å². The summed E-state index contributed by atoms with van der Waals surface area (Å²) in [7, 11) is 0. The van der Waals surface area contributed by atoms with Gasteiger partial charge in [-0.2, -0.15) is 0 Å². The molecule has 1 unspecified atom stereocenters. The molecule has 0 spiro atoms. The third-order valence-electron chi connectivity index (χ3n) is 3.40. The molecule has 0 aromatic carbocycles. The number of aromatic nitrogens is 1. The van der Waals surface area contributed by atoms with Crippen LogP contribution in [0.4, 0.5) is 0 Å². The molecule has 1 aromatic rings. The van der Waals surface area contributed by atoms with E-state index in [1.807, 2.05) is 6.20 Å². The molecule has 90 valence electrons. The van der Waals surface area contributed by atoms with E-state index < -0.39 is 0 Å². The van der Waals surface area contributed by atoms with Crippen LogP contribution in [0.5, 0.6) is 0 Å². The van der Waals surface area contributed by atoms with E-state index in [0.717, 1.165) is 12.5 Å². The minimum atomic E-state index is 0.407. The van der Waals surface area contributed by atoms with Crippen LogP contribution in [0.25, 0.3) is 0 Å². The van der Waals surface area contributed by atoms with Gasteiger partial charge in [-0.3, -0.25) is 0 Å². The summed E-state index contributed by atoms with van der Waals surface area (Å²) in [6, 6.07) is 0.407. The molecule has 1 fully saturated rings. The Labute approximate surface area is 102 Å². The molecule has 1 N–H and O–H groups in total. The van der Waals surface area contributed by atoms with Gasteiger partial charge in [0.2, 0.25) is 0 Å². The maximum absolute atomic E-state index is 4.35. The quantitative estimate of drug-likeness (QED) is 0.818. The predicted octanol–water partition coefficient (Wildman–Crippen LogP) is 3.62. The Morgan fingerprint density at radius 3 is 2.69 bits per heavy atom. The Hall–Kier alpha value is -0.410. The second-order valence-electron chi connectivity index (χ2n) is 5.57. The molecule has 1 atom stereocenters. The molecule has 1 heterocycles. The van der Waals surface area contributed by atoms with Gasteiger partial charge in [-0.15, -0.1) is 11.3 Å². The minimum Gasteiger partial charge on any atom is -0.308 e. The van der Waals surface area contributed by atoms with Crippen LogP contribution in [-0.2, 0) is 0 Å². The zero-order chi connectivity index (χ0) is 11.6. The molecule has 1 aliphatic rings. The Kier molecular flexibility index (Phi) is 3.65. The molecule has 1 aromatic heterocycles. The predicted molar refractivity (Wildman–Crippen MR) is 69.7 cm³/mol. The average Bonchev–Trinajstić information content (AvgIpc) is 2.80. The fourth-order valence-corrected chi connectivity index (χ4v) is 3.07. The van der Waals surface area contributed by atoms with Crippen molar-refractivity contribution in [2.24, 2.45) is 11.3 Å². The van der Waals surface area contributed by atoms with Crippen molar-refractivity contribution >= 4 is 11.3 Å². The van der Waals surface area contributed by atoms with E-state index in [9.17, 15) is 0 Å². The monoisotopic (exact) mass is 238 g/mol. The number of nitrogens with one attached hydrogen (secondary N) is 1. The van der Waals surface area contributed by atoms with Crippen LogP contribution in [0.1, 0.15) is 51.1 Å². The summed E-state index contributed by atoms with van der Waals surface area (Å²) in [4.78, 5) is 4.35. The number of nitrogens with zero attached hydrogens (tertiary/aromatic N) is 1. The lowest BCUT2D eigenvalue weighted by atomic mass is 9.94. The average molecular weight is 238 g/mol. The summed E-state index contributed by atoms with van der Waals surface area (Å²) < 4.78 is 0. The van der Waals surface area contributed by atoms with Gasteiger partial charge in [0.15, 0.2) is 0 Å². The molecule has 0 amide bonds. The standard InChI is InChI=1S/C13H22N2S/c1-10(2)8-13(4-5-13)9-15-11(3)12-14-6-7-16-12/h6-7,10-11,15H,4-5,8-9H2,1-3H3. The molecule has 1 saturated carbocycles. The van der Waals surface area contributed by atoms with Gasteiger partial charge in [0.1, 0.15) is 5.01 Å². The highest BCUT2D eigenvalue weighted by Gasteiger charge is 2.42. The molecule has 0 aliphatic heterocycles. The topological polar surface area (TPSA) is 24.9 Å². The zero-order valence-electron chi connectivity index (χ0n) is 10.5. The fourth-order valence-electron chi connectivity index (χ4n) is 2.40. The van der Waals surface area contributed by atoms with Gasteiger partial charge in [0.25, 0.3) is 0 Å². The van der Waals surface area contributed by atoms with Crippen LogP contribution in [0.2, 0.25) is 0 Å². The second kappa shape index (κ2) is 4.84. The molecule has 2 rings (SSSR count).